The smallest absolute Gasteiger partial charge is 0.220 e. The Balaban J connectivity index is 2.09. The maximum Gasteiger partial charge on any atom is 0.220 e. The highest BCUT2D eigenvalue weighted by molar-refractivity contribution is 7.09. The maximum atomic E-state index is 11.4. The molecule has 4 nitrogen and oxygen atoms in total. The van der Waals surface area contributed by atoms with Gasteiger partial charge in [-0.1, -0.05) is 0 Å². The summed E-state index contributed by atoms with van der Waals surface area (Å²) in [4.78, 5) is 17.5. The van der Waals surface area contributed by atoms with Gasteiger partial charge in [0.25, 0.3) is 0 Å². The fraction of sp³-hybridized carbons (Fsp3) is 0.600. The molecule has 15 heavy (non-hydrogen) atoms. The van der Waals surface area contributed by atoms with Crippen molar-refractivity contribution in [2.75, 3.05) is 27.2 Å². The third kappa shape index (κ3) is 5.49. The molecule has 1 rings (SSSR count). The highest BCUT2D eigenvalue weighted by Crippen LogP contribution is 2.06. The summed E-state index contributed by atoms with van der Waals surface area (Å²) in [7, 11) is 3.98. The van der Waals surface area contributed by atoms with Crippen LogP contribution in [0.15, 0.2) is 11.6 Å². The number of aryl methyl sites for hydroxylation is 1. The van der Waals surface area contributed by atoms with Crippen molar-refractivity contribution in [2.24, 2.45) is 0 Å². The molecule has 0 unspecified atom stereocenters. The lowest BCUT2D eigenvalue weighted by Crippen LogP contribution is -2.31. The number of likely N-dealkylation sites (N-methyl/N-ethyl adjacent to an activating group) is 1. The Morgan fingerprint density at radius 1 is 1.60 bits per heavy atom. The fourth-order valence-electron chi connectivity index (χ4n) is 1.10. The van der Waals surface area contributed by atoms with Crippen molar-refractivity contribution in [3.8, 4) is 0 Å². The summed E-state index contributed by atoms with van der Waals surface area (Å²) in [5.41, 5.74) is 0. The van der Waals surface area contributed by atoms with Crippen LogP contribution in [0.25, 0.3) is 0 Å². The van der Waals surface area contributed by atoms with Crippen LogP contribution in [0.3, 0.4) is 0 Å². The molecule has 0 saturated heterocycles. The Morgan fingerprint density at radius 3 is 3.00 bits per heavy atom. The van der Waals surface area contributed by atoms with Crippen LogP contribution in [0.2, 0.25) is 0 Å². The van der Waals surface area contributed by atoms with Crippen molar-refractivity contribution in [1.82, 2.24) is 15.2 Å². The van der Waals surface area contributed by atoms with Crippen LogP contribution in [-0.2, 0) is 11.2 Å². The highest BCUT2D eigenvalue weighted by Gasteiger charge is 2.03. The topological polar surface area (TPSA) is 45.2 Å². The summed E-state index contributed by atoms with van der Waals surface area (Å²) in [5, 5.41) is 5.83. The van der Waals surface area contributed by atoms with E-state index >= 15 is 0 Å². The molecule has 84 valence electrons. The van der Waals surface area contributed by atoms with E-state index in [1.165, 1.54) is 0 Å². The minimum absolute atomic E-state index is 0.104. The van der Waals surface area contributed by atoms with Crippen molar-refractivity contribution in [3.05, 3.63) is 16.6 Å². The number of thiazole rings is 1. The highest BCUT2D eigenvalue weighted by atomic mass is 32.1. The molecule has 0 saturated carbocycles. The lowest BCUT2D eigenvalue weighted by Gasteiger charge is -2.09. The van der Waals surface area contributed by atoms with Gasteiger partial charge in [0, 0.05) is 37.5 Å². The lowest BCUT2D eigenvalue weighted by atomic mass is 10.3. The van der Waals surface area contributed by atoms with E-state index in [-0.39, 0.29) is 5.91 Å². The Bertz CT molecular complexity index is 285. The second-order valence-electron chi connectivity index (χ2n) is 3.58. The lowest BCUT2D eigenvalue weighted by molar-refractivity contribution is -0.121. The van der Waals surface area contributed by atoms with Crippen LogP contribution in [0.5, 0.6) is 0 Å². The zero-order valence-corrected chi connectivity index (χ0v) is 10.0. The fourth-order valence-corrected chi connectivity index (χ4v) is 1.72. The van der Waals surface area contributed by atoms with Crippen LogP contribution in [0.4, 0.5) is 0 Å². The number of amides is 1. The average molecular weight is 227 g/mol. The van der Waals surface area contributed by atoms with E-state index in [0.717, 1.165) is 18.0 Å². The second-order valence-corrected chi connectivity index (χ2v) is 4.56. The van der Waals surface area contributed by atoms with Gasteiger partial charge in [-0.25, -0.2) is 4.98 Å². The van der Waals surface area contributed by atoms with E-state index in [9.17, 15) is 4.79 Å². The quantitative estimate of drug-likeness (QED) is 0.780. The molecule has 1 N–H and O–H groups in total. The maximum absolute atomic E-state index is 11.4. The molecule has 0 aliphatic rings. The monoisotopic (exact) mass is 227 g/mol. The van der Waals surface area contributed by atoms with Crippen molar-refractivity contribution in [2.45, 2.75) is 12.8 Å². The third-order valence-electron chi connectivity index (χ3n) is 1.93. The molecule has 0 bridgehead atoms. The largest absolute Gasteiger partial charge is 0.355 e. The average Bonchev–Trinajstić information content (AvgIpc) is 2.66. The van der Waals surface area contributed by atoms with Gasteiger partial charge >= 0.3 is 0 Å². The molecule has 0 aromatic carbocycles. The van der Waals surface area contributed by atoms with Gasteiger partial charge in [-0.05, 0) is 14.1 Å². The first-order chi connectivity index (χ1) is 7.18. The van der Waals surface area contributed by atoms with Crippen LogP contribution in [0.1, 0.15) is 11.4 Å². The van der Waals surface area contributed by atoms with Crippen LogP contribution in [0, 0.1) is 0 Å². The van der Waals surface area contributed by atoms with Gasteiger partial charge in [-0.2, -0.15) is 0 Å². The zero-order valence-electron chi connectivity index (χ0n) is 9.19. The van der Waals surface area contributed by atoms with Gasteiger partial charge in [0.15, 0.2) is 0 Å². The predicted octanol–water partition coefficient (Wildman–Crippen LogP) is 0.753. The Labute approximate surface area is 94.3 Å². The molecule has 0 spiro atoms. The first-order valence-electron chi connectivity index (χ1n) is 4.98. The number of nitrogens with one attached hydrogen (secondary N) is 1. The van der Waals surface area contributed by atoms with Gasteiger partial charge in [-0.15, -0.1) is 11.3 Å². The third-order valence-corrected chi connectivity index (χ3v) is 2.77. The number of hydrogen-bond acceptors (Lipinski definition) is 4. The van der Waals surface area contributed by atoms with Crippen LogP contribution < -0.4 is 5.32 Å². The molecule has 1 aromatic heterocycles. The van der Waals surface area contributed by atoms with Crippen molar-refractivity contribution < 1.29 is 4.79 Å². The summed E-state index contributed by atoms with van der Waals surface area (Å²) in [6.45, 7) is 1.59. The van der Waals surface area contributed by atoms with Crippen LogP contribution >= 0.6 is 11.3 Å². The zero-order chi connectivity index (χ0) is 11.1. The number of rotatable bonds is 6. The standard InChI is InChI=1S/C10H17N3OS/c1-13(2)7-5-11-9(14)3-4-10-12-6-8-15-10/h6,8H,3-5,7H2,1-2H3,(H,11,14). The summed E-state index contributed by atoms with van der Waals surface area (Å²) >= 11 is 1.59. The molecule has 0 fully saturated rings. The van der Waals surface area contributed by atoms with E-state index in [2.05, 4.69) is 10.3 Å². The first-order valence-corrected chi connectivity index (χ1v) is 5.86. The number of nitrogens with zero attached hydrogens (tertiary/aromatic N) is 2. The Hall–Kier alpha value is -0.940. The number of aromatic nitrogens is 1. The summed E-state index contributed by atoms with van der Waals surface area (Å²) in [6, 6.07) is 0. The summed E-state index contributed by atoms with van der Waals surface area (Å²) < 4.78 is 0. The van der Waals surface area contributed by atoms with E-state index in [1.807, 2.05) is 24.4 Å². The minimum atomic E-state index is 0.104. The Morgan fingerprint density at radius 2 is 2.40 bits per heavy atom. The van der Waals surface area contributed by atoms with Gasteiger partial charge in [0.05, 0.1) is 5.01 Å². The summed E-state index contributed by atoms with van der Waals surface area (Å²) in [5.74, 6) is 0.104. The van der Waals surface area contributed by atoms with Gasteiger partial charge in [0.2, 0.25) is 5.91 Å². The van der Waals surface area contributed by atoms with Crippen LogP contribution in [-0.4, -0.2) is 43.0 Å². The molecular formula is C10H17N3OS. The molecule has 0 aliphatic carbocycles. The normalized spacial score (nSPS) is 10.6. The molecule has 1 amide bonds. The number of carbonyl (C=O) groups is 1. The molecule has 0 aliphatic heterocycles. The predicted molar refractivity (Wildman–Crippen MR) is 62.0 cm³/mol. The molecule has 1 aromatic rings. The minimum Gasteiger partial charge on any atom is -0.355 e. The van der Waals surface area contributed by atoms with E-state index in [0.29, 0.717) is 13.0 Å². The second kappa shape index (κ2) is 6.53. The number of carbonyl (C=O) groups excluding carboxylic acids is 1. The van der Waals surface area contributed by atoms with E-state index in [1.54, 1.807) is 17.5 Å². The number of hydrogen-bond donors (Lipinski definition) is 1. The molecule has 0 atom stereocenters. The van der Waals surface area contributed by atoms with E-state index < -0.39 is 0 Å². The molecule has 5 heteroatoms. The van der Waals surface area contributed by atoms with Crippen molar-refractivity contribution >= 4 is 17.2 Å². The first kappa shape index (κ1) is 12.1. The molecular weight excluding hydrogens is 210 g/mol. The Kier molecular flexibility index (Phi) is 5.28. The van der Waals surface area contributed by atoms with Gasteiger partial charge in [-0.3, -0.25) is 4.79 Å². The molecule has 0 radical (unpaired) electrons. The SMILES string of the molecule is CN(C)CCNC(=O)CCc1nccs1. The van der Waals surface area contributed by atoms with Gasteiger partial charge < -0.3 is 10.2 Å². The van der Waals surface area contributed by atoms with Crippen molar-refractivity contribution in [1.29, 1.82) is 0 Å². The molecule has 1 heterocycles. The van der Waals surface area contributed by atoms with Crippen molar-refractivity contribution in [3.63, 3.8) is 0 Å². The van der Waals surface area contributed by atoms with E-state index in [4.69, 9.17) is 0 Å². The summed E-state index contributed by atoms with van der Waals surface area (Å²) in [6.07, 6.45) is 3.04. The van der Waals surface area contributed by atoms with Gasteiger partial charge in [0.1, 0.15) is 0 Å².